The van der Waals surface area contributed by atoms with Crippen molar-refractivity contribution in [2.24, 2.45) is 5.41 Å². The summed E-state index contributed by atoms with van der Waals surface area (Å²) in [6, 6.07) is 5.18. The Balaban J connectivity index is 1.95. The molecular formula is C21H25FN2O4. The Hall–Kier alpha value is -2.54. The molecule has 2 atom stereocenters. The predicted molar refractivity (Wildman–Crippen MR) is 100 cm³/mol. The summed E-state index contributed by atoms with van der Waals surface area (Å²) in [7, 11) is 0. The molecule has 1 saturated heterocycles. The van der Waals surface area contributed by atoms with Crippen molar-refractivity contribution >= 4 is 17.6 Å². The van der Waals surface area contributed by atoms with E-state index in [-0.39, 0.29) is 12.1 Å². The molecule has 0 saturated carbocycles. The van der Waals surface area contributed by atoms with Gasteiger partial charge in [0.15, 0.2) is 5.78 Å². The lowest BCUT2D eigenvalue weighted by Crippen LogP contribution is -2.68. The quantitative estimate of drug-likeness (QED) is 0.478. The number of hydrogen-bond acceptors (Lipinski definition) is 4. The Morgan fingerprint density at radius 1 is 1.25 bits per heavy atom. The normalized spacial score (nSPS) is 25.7. The van der Waals surface area contributed by atoms with Gasteiger partial charge in [0.2, 0.25) is 18.2 Å². The minimum absolute atomic E-state index is 0.110. The van der Waals surface area contributed by atoms with Crippen LogP contribution in [0.5, 0.6) is 0 Å². The van der Waals surface area contributed by atoms with Crippen molar-refractivity contribution in [3.63, 3.8) is 0 Å². The highest BCUT2D eigenvalue weighted by atomic mass is 19.1. The molecule has 1 aliphatic carbocycles. The monoisotopic (exact) mass is 388 g/mol. The zero-order valence-corrected chi connectivity index (χ0v) is 16.2. The minimum atomic E-state index is -1.53. The third-order valence-corrected chi connectivity index (χ3v) is 5.67. The van der Waals surface area contributed by atoms with Gasteiger partial charge in [-0.15, -0.1) is 0 Å². The SMILES string of the molecule is CCN1C(=O)C(C)(C2=CCCCC2)C(=O)N(CC(=O)c2cccc(F)c2)C1O. The lowest BCUT2D eigenvalue weighted by atomic mass is 9.73. The first-order chi connectivity index (χ1) is 13.3. The lowest BCUT2D eigenvalue weighted by molar-refractivity contribution is -0.193. The van der Waals surface area contributed by atoms with Crippen LogP contribution in [0.4, 0.5) is 4.39 Å². The molecule has 0 radical (unpaired) electrons. The van der Waals surface area contributed by atoms with Crippen molar-refractivity contribution in [3.05, 3.63) is 47.3 Å². The van der Waals surface area contributed by atoms with Gasteiger partial charge in [-0.1, -0.05) is 18.2 Å². The van der Waals surface area contributed by atoms with Crippen LogP contribution in [0.25, 0.3) is 0 Å². The molecule has 28 heavy (non-hydrogen) atoms. The zero-order chi connectivity index (χ0) is 20.5. The molecule has 1 heterocycles. The summed E-state index contributed by atoms with van der Waals surface area (Å²) in [5.74, 6) is -2.10. The van der Waals surface area contributed by atoms with Crippen molar-refractivity contribution in [2.45, 2.75) is 45.9 Å². The van der Waals surface area contributed by atoms with E-state index in [0.717, 1.165) is 35.8 Å². The number of aliphatic hydroxyl groups excluding tert-OH is 1. The minimum Gasteiger partial charge on any atom is -0.356 e. The van der Waals surface area contributed by atoms with Crippen molar-refractivity contribution in [1.29, 1.82) is 0 Å². The second kappa shape index (κ2) is 7.83. The van der Waals surface area contributed by atoms with Crippen molar-refractivity contribution in [1.82, 2.24) is 9.80 Å². The molecule has 0 spiro atoms. The highest BCUT2D eigenvalue weighted by Crippen LogP contribution is 2.41. The molecule has 7 heteroatoms. The Morgan fingerprint density at radius 3 is 2.57 bits per heavy atom. The number of benzene rings is 1. The van der Waals surface area contributed by atoms with Crippen LogP contribution >= 0.6 is 0 Å². The molecule has 150 valence electrons. The smallest absolute Gasteiger partial charge is 0.246 e. The zero-order valence-electron chi connectivity index (χ0n) is 16.2. The van der Waals surface area contributed by atoms with Crippen molar-refractivity contribution in [3.8, 4) is 0 Å². The van der Waals surface area contributed by atoms with E-state index in [9.17, 15) is 23.9 Å². The van der Waals surface area contributed by atoms with Crippen LogP contribution in [0.2, 0.25) is 0 Å². The molecule has 0 aromatic heterocycles. The fourth-order valence-corrected chi connectivity index (χ4v) is 3.98. The van der Waals surface area contributed by atoms with Crippen LogP contribution in [0.1, 0.15) is 49.9 Å². The van der Waals surface area contributed by atoms with Crippen LogP contribution in [0.15, 0.2) is 35.9 Å². The first kappa shape index (κ1) is 20.2. The summed E-state index contributed by atoms with van der Waals surface area (Å²) >= 11 is 0. The van der Waals surface area contributed by atoms with Gasteiger partial charge >= 0.3 is 0 Å². The van der Waals surface area contributed by atoms with Crippen LogP contribution in [0.3, 0.4) is 0 Å². The van der Waals surface area contributed by atoms with Crippen molar-refractivity contribution in [2.75, 3.05) is 13.1 Å². The summed E-state index contributed by atoms with van der Waals surface area (Å²) in [5.41, 5.74) is -0.585. The standard InChI is InChI=1S/C21H25FN2O4/c1-3-23-18(26)21(2,15-9-5-4-6-10-15)19(27)24(20(23)28)13-17(25)14-8-7-11-16(22)12-14/h7-9,11-12,20,28H,3-6,10,13H2,1-2H3. The number of amides is 2. The van der Waals surface area contributed by atoms with Gasteiger partial charge in [0.25, 0.3) is 0 Å². The van der Waals surface area contributed by atoms with E-state index in [2.05, 4.69) is 0 Å². The van der Waals surface area contributed by atoms with E-state index in [1.54, 1.807) is 13.8 Å². The number of aliphatic hydroxyl groups is 1. The van der Waals surface area contributed by atoms with Gasteiger partial charge in [0, 0.05) is 12.1 Å². The first-order valence-electron chi connectivity index (χ1n) is 9.59. The fraction of sp³-hybridized carbons (Fsp3) is 0.476. The van der Waals surface area contributed by atoms with Gasteiger partial charge in [-0.05, 0) is 57.2 Å². The molecule has 2 aliphatic rings. The number of nitrogens with zero attached hydrogens (tertiary/aromatic N) is 2. The Bertz CT molecular complexity index is 837. The summed E-state index contributed by atoms with van der Waals surface area (Å²) < 4.78 is 13.5. The number of Topliss-reactive ketones (excluding diaryl/α,β-unsaturated/α-hetero) is 1. The van der Waals surface area contributed by atoms with Gasteiger partial charge < -0.3 is 5.11 Å². The Labute approximate surface area is 163 Å². The van der Waals surface area contributed by atoms with Gasteiger partial charge in [-0.25, -0.2) is 4.39 Å². The molecule has 2 amide bonds. The van der Waals surface area contributed by atoms with Crippen LogP contribution in [-0.4, -0.2) is 51.9 Å². The molecule has 1 aromatic rings. The van der Waals surface area contributed by atoms with E-state index in [1.165, 1.54) is 23.1 Å². The van der Waals surface area contributed by atoms with E-state index < -0.39 is 41.7 Å². The van der Waals surface area contributed by atoms with Crippen LogP contribution in [-0.2, 0) is 9.59 Å². The Morgan fingerprint density at radius 2 is 1.96 bits per heavy atom. The fourth-order valence-electron chi connectivity index (χ4n) is 3.98. The van der Waals surface area contributed by atoms with Crippen LogP contribution in [0, 0.1) is 11.2 Å². The summed E-state index contributed by atoms with van der Waals surface area (Å²) in [5, 5.41) is 10.6. The lowest BCUT2D eigenvalue weighted by Gasteiger charge is -2.48. The van der Waals surface area contributed by atoms with Gasteiger partial charge in [-0.3, -0.25) is 24.2 Å². The number of carbonyl (C=O) groups is 3. The maximum absolute atomic E-state index is 13.5. The number of allylic oxidation sites excluding steroid dienone is 1. The second-order valence-electron chi connectivity index (χ2n) is 7.40. The van der Waals surface area contributed by atoms with E-state index in [4.69, 9.17) is 0 Å². The van der Waals surface area contributed by atoms with E-state index in [1.807, 2.05) is 6.08 Å². The molecule has 6 nitrogen and oxygen atoms in total. The average Bonchev–Trinajstić information content (AvgIpc) is 2.70. The molecule has 1 N–H and O–H groups in total. The molecule has 1 aromatic carbocycles. The summed E-state index contributed by atoms with van der Waals surface area (Å²) in [6.07, 6.45) is 3.72. The van der Waals surface area contributed by atoms with E-state index in [0.29, 0.717) is 6.42 Å². The maximum Gasteiger partial charge on any atom is 0.246 e. The number of carbonyl (C=O) groups excluding carboxylic acids is 3. The largest absolute Gasteiger partial charge is 0.356 e. The molecule has 1 aliphatic heterocycles. The van der Waals surface area contributed by atoms with Gasteiger partial charge in [0.1, 0.15) is 11.2 Å². The highest BCUT2D eigenvalue weighted by Gasteiger charge is 2.55. The Kier molecular flexibility index (Phi) is 5.65. The maximum atomic E-state index is 13.5. The average molecular weight is 388 g/mol. The van der Waals surface area contributed by atoms with Crippen molar-refractivity contribution < 1.29 is 23.9 Å². The molecule has 3 rings (SSSR count). The first-order valence-corrected chi connectivity index (χ1v) is 9.59. The van der Waals surface area contributed by atoms with Gasteiger partial charge in [-0.2, -0.15) is 0 Å². The number of rotatable bonds is 5. The molecule has 0 bridgehead atoms. The third kappa shape index (κ3) is 3.35. The highest BCUT2D eigenvalue weighted by molar-refractivity contribution is 6.11. The van der Waals surface area contributed by atoms with Crippen LogP contribution < -0.4 is 0 Å². The molecule has 1 fully saturated rings. The second-order valence-corrected chi connectivity index (χ2v) is 7.40. The summed E-state index contributed by atoms with van der Waals surface area (Å²) in [6.45, 7) is 3.04. The number of ketones is 1. The summed E-state index contributed by atoms with van der Waals surface area (Å²) in [4.78, 5) is 41.3. The molecule has 2 unspecified atom stereocenters. The third-order valence-electron chi connectivity index (χ3n) is 5.67. The van der Waals surface area contributed by atoms with E-state index >= 15 is 0 Å². The molecular weight excluding hydrogens is 363 g/mol. The van der Waals surface area contributed by atoms with Gasteiger partial charge in [0.05, 0.1) is 6.54 Å². The number of hydrogen-bond donors (Lipinski definition) is 1. The topological polar surface area (TPSA) is 77.9 Å². The number of halogens is 1. The predicted octanol–water partition coefficient (Wildman–Crippen LogP) is 2.48.